The third kappa shape index (κ3) is 1.64. The number of hydrogen-bond acceptors (Lipinski definition) is 2. The van der Waals surface area contributed by atoms with Gasteiger partial charge in [0.1, 0.15) is 8.07 Å². The van der Waals surface area contributed by atoms with Gasteiger partial charge in [-0.3, -0.25) is 0 Å². The summed E-state index contributed by atoms with van der Waals surface area (Å²) in [4.78, 5) is 0. The Labute approximate surface area is 127 Å². The molecule has 3 heterocycles. The smallest absolute Gasteiger partial charge is 0.127 e. The lowest BCUT2D eigenvalue weighted by Crippen LogP contribution is -2.58. The summed E-state index contributed by atoms with van der Waals surface area (Å²) in [5.74, 6) is 0. The maximum atomic E-state index is 3.83. The van der Waals surface area contributed by atoms with E-state index in [4.69, 9.17) is 0 Å². The van der Waals surface area contributed by atoms with E-state index >= 15 is 0 Å². The van der Waals surface area contributed by atoms with Crippen molar-refractivity contribution in [3.63, 3.8) is 0 Å². The fourth-order valence-corrected chi connectivity index (χ4v) is 15.5. The predicted molar refractivity (Wildman–Crippen MR) is 95.1 cm³/mol. The average molecular weight is 373 g/mol. The Hall–Kier alpha value is 0.314. The van der Waals surface area contributed by atoms with Crippen LogP contribution < -0.4 is 14.2 Å². The van der Waals surface area contributed by atoms with Gasteiger partial charge in [0.05, 0.1) is 11.9 Å². The van der Waals surface area contributed by atoms with Crippen molar-refractivity contribution >= 4 is 68.9 Å². The maximum Gasteiger partial charge on any atom is 0.127 e. The molecule has 0 unspecified atom stereocenters. The topological polar surface area (TPSA) is 0 Å². The van der Waals surface area contributed by atoms with E-state index in [1.54, 1.807) is 19.8 Å². The Bertz CT molecular complexity index is 632. The lowest BCUT2D eigenvalue weighted by Gasteiger charge is -2.23. The number of thiophene rings is 2. The normalized spacial score (nSPS) is 16.8. The molecule has 0 aliphatic carbocycles. The first-order valence-electron chi connectivity index (χ1n) is 6.16. The molecule has 1 aliphatic heterocycles. The van der Waals surface area contributed by atoms with Crippen LogP contribution in [-0.4, -0.2) is 16.1 Å². The summed E-state index contributed by atoms with van der Waals surface area (Å²) in [7, 11) is -2.67. The van der Waals surface area contributed by atoms with E-state index in [9.17, 15) is 0 Å². The first-order chi connectivity index (χ1) is 8.24. The molecule has 0 aromatic carbocycles. The Kier molecular flexibility index (Phi) is 2.89. The van der Waals surface area contributed by atoms with Gasteiger partial charge in [-0.1, -0.05) is 32.7 Å². The van der Waals surface area contributed by atoms with E-state index in [-0.39, 0.29) is 0 Å². The molecule has 0 atom stereocenters. The molecule has 18 heavy (non-hydrogen) atoms. The highest BCUT2D eigenvalue weighted by Gasteiger charge is 2.45. The maximum absolute atomic E-state index is 3.83. The van der Waals surface area contributed by atoms with Crippen LogP contribution >= 0.6 is 38.6 Å². The van der Waals surface area contributed by atoms with Crippen molar-refractivity contribution in [1.29, 1.82) is 0 Å². The summed E-state index contributed by atoms with van der Waals surface area (Å²) in [6.07, 6.45) is 0. The molecule has 3 rings (SSSR count). The van der Waals surface area contributed by atoms with E-state index < -0.39 is 16.1 Å². The van der Waals surface area contributed by atoms with Crippen LogP contribution in [0.15, 0.2) is 15.2 Å². The van der Waals surface area contributed by atoms with Crippen LogP contribution in [0.4, 0.5) is 0 Å². The van der Waals surface area contributed by atoms with Crippen LogP contribution in [0, 0.1) is 0 Å². The summed E-state index contributed by atoms with van der Waals surface area (Å²) in [5, 5.41) is 4.01. The molecule has 0 N–H and O–H groups in total. The second-order valence-electron chi connectivity index (χ2n) is 6.49. The molecule has 2 aromatic heterocycles. The Balaban J connectivity index is 2.39. The van der Waals surface area contributed by atoms with E-state index in [0.29, 0.717) is 0 Å². The molecule has 1 aliphatic rings. The van der Waals surface area contributed by atoms with Crippen LogP contribution in [0.25, 0.3) is 11.1 Å². The van der Waals surface area contributed by atoms with Crippen molar-refractivity contribution in [3.05, 3.63) is 15.2 Å². The molecule has 0 nitrogen and oxygen atoms in total. The molecule has 0 fully saturated rings. The average Bonchev–Trinajstić information content (AvgIpc) is 2.82. The van der Waals surface area contributed by atoms with Crippen LogP contribution in [0.3, 0.4) is 0 Å². The van der Waals surface area contributed by atoms with Gasteiger partial charge in [0.2, 0.25) is 0 Å². The summed E-state index contributed by atoms with van der Waals surface area (Å²) in [6, 6.07) is 2.33. The minimum Gasteiger partial charge on any atom is -0.153 e. The highest BCUT2D eigenvalue weighted by molar-refractivity contribution is 9.11. The molecule has 96 valence electrons. The summed E-state index contributed by atoms with van der Waals surface area (Å²) in [6.45, 7) is 12.5. The van der Waals surface area contributed by atoms with Crippen molar-refractivity contribution in [1.82, 2.24) is 0 Å². The Morgan fingerprint density at radius 1 is 1.22 bits per heavy atom. The molecular weight excluding hydrogens is 356 g/mol. The van der Waals surface area contributed by atoms with E-state index in [0.717, 1.165) is 0 Å². The zero-order valence-electron chi connectivity index (χ0n) is 11.3. The highest BCUT2D eigenvalue weighted by Crippen LogP contribution is 2.39. The molecule has 0 saturated heterocycles. The van der Waals surface area contributed by atoms with Crippen molar-refractivity contribution < 1.29 is 0 Å². The highest BCUT2D eigenvalue weighted by atomic mass is 79.9. The van der Waals surface area contributed by atoms with Gasteiger partial charge < -0.3 is 0 Å². The van der Waals surface area contributed by atoms with Gasteiger partial charge in [-0.25, -0.2) is 0 Å². The van der Waals surface area contributed by atoms with Gasteiger partial charge >= 0.3 is 0 Å². The number of fused-ring (bicyclic) bond motifs is 3. The first kappa shape index (κ1) is 13.3. The minimum absolute atomic E-state index is 1.24. The van der Waals surface area contributed by atoms with Crippen LogP contribution in [0.1, 0.15) is 0 Å². The van der Waals surface area contributed by atoms with Gasteiger partial charge in [-0.15, -0.1) is 11.3 Å². The van der Waals surface area contributed by atoms with E-state index in [1.165, 1.54) is 9.35 Å². The number of rotatable bonds is 1. The summed E-state index contributed by atoms with van der Waals surface area (Å²) in [5.41, 5.74) is 3.07. The van der Waals surface area contributed by atoms with Crippen molar-refractivity contribution in [2.45, 2.75) is 32.7 Å². The molecule has 2 aromatic rings. The monoisotopic (exact) mass is 372 g/mol. The van der Waals surface area contributed by atoms with Gasteiger partial charge in [0.15, 0.2) is 0 Å². The molecular formula is C13H17BrS2Si2. The third-order valence-corrected chi connectivity index (χ3v) is 15.3. The predicted octanol–water partition coefficient (Wildman–Crippen LogP) is 3.92. The summed E-state index contributed by atoms with van der Waals surface area (Å²) < 4.78 is 4.78. The van der Waals surface area contributed by atoms with Crippen LogP contribution in [0.5, 0.6) is 0 Å². The van der Waals surface area contributed by atoms with Gasteiger partial charge in [-0.2, -0.15) is 11.3 Å². The quantitative estimate of drug-likeness (QED) is 0.665. The fourth-order valence-electron chi connectivity index (χ4n) is 2.87. The van der Waals surface area contributed by atoms with Crippen molar-refractivity contribution in [3.8, 4) is 11.1 Å². The molecule has 5 heteroatoms. The molecule has 0 bridgehead atoms. The van der Waals surface area contributed by atoms with Gasteiger partial charge in [0.25, 0.3) is 0 Å². The first-order valence-corrected chi connectivity index (χ1v) is 15.1. The third-order valence-electron chi connectivity index (χ3n) is 3.67. The summed E-state index contributed by atoms with van der Waals surface area (Å²) >= 11 is 7.81. The molecule has 0 spiro atoms. The van der Waals surface area contributed by atoms with E-state index in [2.05, 4.69) is 60.1 Å². The largest absolute Gasteiger partial charge is 0.153 e. The van der Waals surface area contributed by atoms with Gasteiger partial charge in [-0.05, 0) is 42.6 Å². The Morgan fingerprint density at radius 3 is 2.50 bits per heavy atom. The Morgan fingerprint density at radius 2 is 1.89 bits per heavy atom. The SMILES string of the molecule is C[Si](C)(C)c1sc(Br)c2c1[Si](C)(C)c1sccc1-2. The lowest BCUT2D eigenvalue weighted by molar-refractivity contribution is 1.79. The fraction of sp³-hybridized carbons (Fsp3) is 0.385. The van der Waals surface area contributed by atoms with Crippen molar-refractivity contribution in [2.24, 2.45) is 0 Å². The van der Waals surface area contributed by atoms with Gasteiger partial charge in [0, 0.05) is 10.1 Å². The minimum atomic E-state index is -1.43. The van der Waals surface area contributed by atoms with Crippen LogP contribution in [0.2, 0.25) is 32.7 Å². The number of hydrogen-bond donors (Lipinski definition) is 0. The standard InChI is InChI=1S/C13H17BrS2Si2/c1-17(2,3)13-10-9(11(14)16-13)8-6-7-15-12(8)18(10,4)5/h6-7H,1-5H3. The van der Waals surface area contributed by atoms with E-state index in [1.807, 2.05) is 22.7 Å². The zero-order valence-corrected chi connectivity index (χ0v) is 16.6. The molecule has 0 saturated carbocycles. The lowest BCUT2D eigenvalue weighted by atomic mass is 10.2. The molecule has 0 amide bonds. The molecule has 0 radical (unpaired) electrons. The zero-order chi connectivity index (χ0) is 13.3. The number of halogens is 1. The van der Waals surface area contributed by atoms with Crippen molar-refractivity contribution in [2.75, 3.05) is 0 Å². The van der Waals surface area contributed by atoms with Crippen LogP contribution in [-0.2, 0) is 0 Å². The second kappa shape index (κ2) is 3.91. The second-order valence-corrected chi connectivity index (χ2v) is 19.7.